The Morgan fingerprint density at radius 1 is 1.16 bits per heavy atom. The zero-order valence-electron chi connectivity index (χ0n) is 18.6. The van der Waals surface area contributed by atoms with E-state index in [1.807, 2.05) is 44.2 Å². The highest BCUT2D eigenvalue weighted by atomic mass is 16.5. The molecule has 3 N–H and O–H groups in total. The number of hydrogen-bond acceptors (Lipinski definition) is 5. The zero-order chi connectivity index (χ0) is 23.2. The van der Waals surface area contributed by atoms with Gasteiger partial charge in [-0.15, -0.1) is 0 Å². The SMILES string of the molecule is CC(C)CCC(=O)N([C@@H](CCCc1ccccc1)C(=O)NO)N1C(=O)NC(C)(C)C1=O. The Balaban J connectivity index is 2.31. The Labute approximate surface area is 182 Å². The van der Waals surface area contributed by atoms with Crippen LogP contribution in [-0.2, 0) is 20.8 Å². The fourth-order valence-corrected chi connectivity index (χ4v) is 3.46. The van der Waals surface area contributed by atoms with Crippen molar-refractivity contribution < 1.29 is 24.4 Å². The second-order valence-corrected chi connectivity index (χ2v) is 8.71. The van der Waals surface area contributed by atoms with Crippen LogP contribution in [0.4, 0.5) is 4.79 Å². The molecule has 1 aromatic rings. The van der Waals surface area contributed by atoms with Crippen molar-refractivity contribution in [2.24, 2.45) is 5.92 Å². The number of nitrogens with zero attached hydrogens (tertiary/aromatic N) is 2. The van der Waals surface area contributed by atoms with Crippen molar-refractivity contribution in [1.29, 1.82) is 0 Å². The fourth-order valence-electron chi connectivity index (χ4n) is 3.46. The van der Waals surface area contributed by atoms with Gasteiger partial charge in [0.25, 0.3) is 11.8 Å². The van der Waals surface area contributed by atoms with E-state index in [0.29, 0.717) is 24.3 Å². The normalized spacial score (nSPS) is 16.3. The minimum Gasteiger partial charge on any atom is -0.322 e. The van der Waals surface area contributed by atoms with Gasteiger partial charge in [-0.05, 0) is 51.0 Å². The number of hydrazine groups is 1. The second kappa shape index (κ2) is 10.4. The lowest BCUT2D eigenvalue weighted by molar-refractivity contribution is -0.166. The molecule has 0 aromatic heterocycles. The standard InChI is InChI=1S/C22H32N4O5/c1-15(2)13-14-18(27)25(26-20(29)22(3,4)23-21(26)30)17(19(28)24-31)12-8-11-16-9-6-5-7-10-16/h5-7,9-10,15,17,31H,8,11-14H2,1-4H3,(H,23,30)(H,24,28)/t17-/m0/s1. The average Bonchev–Trinajstić information content (AvgIpc) is 2.92. The number of carbonyl (C=O) groups is 4. The van der Waals surface area contributed by atoms with Gasteiger partial charge in [-0.25, -0.2) is 15.3 Å². The summed E-state index contributed by atoms with van der Waals surface area (Å²) in [7, 11) is 0. The number of amides is 5. The van der Waals surface area contributed by atoms with E-state index in [4.69, 9.17) is 0 Å². The third-order valence-corrected chi connectivity index (χ3v) is 5.24. The summed E-state index contributed by atoms with van der Waals surface area (Å²) in [5.41, 5.74) is 1.43. The molecule has 2 rings (SSSR count). The van der Waals surface area contributed by atoms with Crippen molar-refractivity contribution in [2.45, 2.75) is 71.4 Å². The molecule has 0 saturated carbocycles. The predicted octanol–water partition coefficient (Wildman–Crippen LogP) is 2.39. The number of benzene rings is 1. The van der Waals surface area contributed by atoms with Crippen molar-refractivity contribution >= 4 is 23.8 Å². The summed E-state index contributed by atoms with van der Waals surface area (Å²) in [6, 6.07) is 7.64. The van der Waals surface area contributed by atoms with Gasteiger partial charge < -0.3 is 5.32 Å². The molecule has 1 fully saturated rings. The minimum absolute atomic E-state index is 0.0586. The molecule has 1 aliphatic rings. The van der Waals surface area contributed by atoms with Gasteiger partial charge in [-0.3, -0.25) is 19.6 Å². The van der Waals surface area contributed by atoms with Crippen LogP contribution in [-0.4, -0.2) is 50.6 Å². The summed E-state index contributed by atoms with van der Waals surface area (Å²) < 4.78 is 0. The summed E-state index contributed by atoms with van der Waals surface area (Å²) >= 11 is 0. The van der Waals surface area contributed by atoms with Gasteiger partial charge in [0.1, 0.15) is 11.6 Å². The van der Waals surface area contributed by atoms with E-state index >= 15 is 0 Å². The molecular formula is C22H32N4O5. The van der Waals surface area contributed by atoms with Gasteiger partial charge in [0.15, 0.2) is 0 Å². The zero-order valence-corrected chi connectivity index (χ0v) is 18.6. The van der Waals surface area contributed by atoms with Gasteiger partial charge in [0, 0.05) is 6.42 Å². The molecule has 0 radical (unpaired) electrons. The summed E-state index contributed by atoms with van der Waals surface area (Å²) in [5, 5.41) is 13.5. The highest BCUT2D eigenvalue weighted by Crippen LogP contribution is 2.24. The number of urea groups is 1. The second-order valence-electron chi connectivity index (χ2n) is 8.71. The van der Waals surface area contributed by atoms with Gasteiger partial charge >= 0.3 is 6.03 Å². The van der Waals surface area contributed by atoms with E-state index in [9.17, 15) is 24.4 Å². The average molecular weight is 433 g/mol. The van der Waals surface area contributed by atoms with Crippen LogP contribution in [0.3, 0.4) is 0 Å². The predicted molar refractivity (Wildman–Crippen MR) is 113 cm³/mol. The molecule has 170 valence electrons. The third kappa shape index (κ3) is 6.04. The molecule has 0 spiro atoms. The maximum absolute atomic E-state index is 13.1. The lowest BCUT2D eigenvalue weighted by Crippen LogP contribution is -2.59. The highest BCUT2D eigenvalue weighted by Gasteiger charge is 2.51. The van der Waals surface area contributed by atoms with Crippen molar-refractivity contribution in [2.75, 3.05) is 0 Å². The van der Waals surface area contributed by atoms with Crippen LogP contribution in [0.1, 0.15) is 58.9 Å². The smallest absolute Gasteiger partial charge is 0.322 e. The molecule has 1 heterocycles. The number of nitrogens with one attached hydrogen (secondary N) is 2. The highest BCUT2D eigenvalue weighted by molar-refractivity contribution is 6.08. The number of aryl methyl sites for hydroxylation is 1. The van der Waals surface area contributed by atoms with Crippen molar-refractivity contribution in [1.82, 2.24) is 20.8 Å². The minimum atomic E-state index is -1.21. The van der Waals surface area contributed by atoms with Crippen LogP contribution in [0.2, 0.25) is 0 Å². The molecule has 9 nitrogen and oxygen atoms in total. The summed E-state index contributed by atoms with van der Waals surface area (Å²) in [5.74, 6) is -1.79. The maximum atomic E-state index is 13.1. The number of carbonyl (C=O) groups excluding carboxylic acids is 4. The molecule has 9 heteroatoms. The lowest BCUT2D eigenvalue weighted by Gasteiger charge is -2.35. The fraction of sp³-hybridized carbons (Fsp3) is 0.545. The van der Waals surface area contributed by atoms with Crippen molar-refractivity contribution in [3.63, 3.8) is 0 Å². The number of hydrogen-bond donors (Lipinski definition) is 3. The molecular weight excluding hydrogens is 400 g/mol. The van der Waals surface area contributed by atoms with Crippen LogP contribution in [0.5, 0.6) is 0 Å². The lowest BCUT2D eigenvalue weighted by atomic mass is 10.0. The molecule has 0 unspecified atom stereocenters. The van der Waals surface area contributed by atoms with Gasteiger partial charge in [0.05, 0.1) is 0 Å². The van der Waals surface area contributed by atoms with Crippen LogP contribution < -0.4 is 10.8 Å². The number of hydroxylamine groups is 1. The van der Waals surface area contributed by atoms with Crippen molar-refractivity contribution in [3.8, 4) is 0 Å². The van der Waals surface area contributed by atoms with E-state index in [0.717, 1.165) is 10.6 Å². The summed E-state index contributed by atoms with van der Waals surface area (Å²) in [6.45, 7) is 6.96. The molecule has 1 aromatic carbocycles. The van der Waals surface area contributed by atoms with E-state index in [1.54, 1.807) is 5.48 Å². The molecule has 0 bridgehead atoms. The van der Waals surface area contributed by atoms with Crippen LogP contribution in [0.15, 0.2) is 30.3 Å². The monoisotopic (exact) mass is 432 g/mol. The van der Waals surface area contributed by atoms with Gasteiger partial charge in [-0.1, -0.05) is 44.2 Å². The van der Waals surface area contributed by atoms with Crippen molar-refractivity contribution in [3.05, 3.63) is 35.9 Å². The first kappa shape index (κ1) is 24.3. The first-order valence-electron chi connectivity index (χ1n) is 10.5. The van der Waals surface area contributed by atoms with E-state index in [-0.39, 0.29) is 18.8 Å². The molecule has 1 saturated heterocycles. The Hall–Kier alpha value is -2.94. The molecule has 0 aliphatic carbocycles. The Bertz CT molecular complexity index is 809. The molecule has 31 heavy (non-hydrogen) atoms. The van der Waals surface area contributed by atoms with E-state index in [2.05, 4.69) is 5.32 Å². The number of imide groups is 1. The van der Waals surface area contributed by atoms with E-state index in [1.165, 1.54) is 13.8 Å². The topological polar surface area (TPSA) is 119 Å². The first-order chi connectivity index (χ1) is 14.6. The summed E-state index contributed by atoms with van der Waals surface area (Å²) in [6.07, 6.45) is 1.88. The summed E-state index contributed by atoms with van der Waals surface area (Å²) in [4.78, 5) is 51.2. The Kier molecular flexibility index (Phi) is 8.15. The molecule has 1 aliphatic heterocycles. The van der Waals surface area contributed by atoms with Crippen LogP contribution >= 0.6 is 0 Å². The quantitative estimate of drug-likeness (QED) is 0.298. The number of rotatable bonds is 10. The molecule has 5 amide bonds. The van der Waals surface area contributed by atoms with Gasteiger partial charge in [0.2, 0.25) is 5.91 Å². The third-order valence-electron chi connectivity index (χ3n) is 5.24. The van der Waals surface area contributed by atoms with Crippen LogP contribution in [0.25, 0.3) is 0 Å². The largest absolute Gasteiger partial charge is 0.344 e. The first-order valence-corrected chi connectivity index (χ1v) is 10.5. The van der Waals surface area contributed by atoms with Crippen LogP contribution in [0, 0.1) is 5.92 Å². The maximum Gasteiger partial charge on any atom is 0.344 e. The Morgan fingerprint density at radius 3 is 2.32 bits per heavy atom. The molecule has 1 atom stereocenters. The Morgan fingerprint density at radius 2 is 1.81 bits per heavy atom. The van der Waals surface area contributed by atoms with E-state index < -0.39 is 35.3 Å². The van der Waals surface area contributed by atoms with Gasteiger partial charge in [-0.2, -0.15) is 5.01 Å².